The number of fused-ring (bicyclic) bond motifs is 3. The summed E-state index contributed by atoms with van der Waals surface area (Å²) in [5.74, 6) is 1.30. The number of hydrogen-bond acceptors (Lipinski definition) is 6. The van der Waals surface area contributed by atoms with Crippen LogP contribution in [0.15, 0.2) is 24.4 Å². The van der Waals surface area contributed by atoms with Crippen molar-refractivity contribution in [3.8, 4) is 22.9 Å². The summed E-state index contributed by atoms with van der Waals surface area (Å²) in [6.45, 7) is 5.55. The summed E-state index contributed by atoms with van der Waals surface area (Å²) >= 11 is 0. The maximum atomic E-state index is 12.2. The molecule has 34 heavy (non-hydrogen) atoms. The van der Waals surface area contributed by atoms with E-state index < -0.39 is 5.91 Å². The van der Waals surface area contributed by atoms with E-state index in [9.17, 15) is 4.79 Å². The molecule has 0 saturated carbocycles. The van der Waals surface area contributed by atoms with Gasteiger partial charge in [-0.25, -0.2) is 0 Å². The van der Waals surface area contributed by atoms with Gasteiger partial charge >= 0.3 is 0 Å². The number of amides is 1. The molecule has 0 spiro atoms. The molecule has 0 unspecified atom stereocenters. The van der Waals surface area contributed by atoms with Gasteiger partial charge in [-0.05, 0) is 63.6 Å². The molecule has 10 nitrogen and oxygen atoms in total. The Balaban J connectivity index is 1.39. The van der Waals surface area contributed by atoms with E-state index in [0.29, 0.717) is 35.2 Å². The number of hydrogen-bond donors (Lipinski definition) is 3. The van der Waals surface area contributed by atoms with Gasteiger partial charge in [0.15, 0.2) is 11.6 Å². The van der Waals surface area contributed by atoms with Crippen molar-refractivity contribution in [3.63, 3.8) is 0 Å². The molecule has 0 aliphatic carbocycles. The summed E-state index contributed by atoms with van der Waals surface area (Å²) in [4.78, 5) is 15.5. The number of H-pyrrole nitrogens is 1. The van der Waals surface area contributed by atoms with Crippen LogP contribution in [0.25, 0.3) is 33.8 Å². The van der Waals surface area contributed by atoms with Crippen LogP contribution in [0.5, 0.6) is 0 Å². The van der Waals surface area contributed by atoms with E-state index in [1.54, 1.807) is 6.07 Å². The number of aromatic nitrogens is 7. The maximum Gasteiger partial charge on any atom is 0.248 e. The molecular formula is C24H29N9O. The summed E-state index contributed by atoms with van der Waals surface area (Å²) in [5, 5.41) is 22.6. The van der Waals surface area contributed by atoms with Crippen molar-refractivity contribution in [2.24, 2.45) is 11.7 Å². The second-order valence-electron chi connectivity index (χ2n) is 9.63. The number of rotatable bonds is 6. The highest BCUT2D eigenvalue weighted by atomic mass is 16.1. The van der Waals surface area contributed by atoms with Crippen molar-refractivity contribution in [2.75, 3.05) is 0 Å². The molecule has 6 rings (SSSR count). The quantitative estimate of drug-likeness (QED) is 0.406. The lowest BCUT2D eigenvalue weighted by Gasteiger charge is -2.29. The van der Waals surface area contributed by atoms with Crippen molar-refractivity contribution < 1.29 is 4.79 Å². The van der Waals surface area contributed by atoms with Crippen LogP contribution in [-0.2, 0) is 13.1 Å². The lowest BCUT2D eigenvalue weighted by molar-refractivity contribution is 0.100. The lowest BCUT2D eigenvalue weighted by atomic mass is 9.92. The Labute approximate surface area is 196 Å². The number of carbonyl (C=O) groups is 1. The third kappa shape index (κ3) is 3.58. The van der Waals surface area contributed by atoms with Gasteiger partial charge in [0.1, 0.15) is 5.69 Å². The van der Waals surface area contributed by atoms with Crippen LogP contribution in [0, 0.1) is 12.8 Å². The van der Waals surface area contributed by atoms with Crippen LogP contribution in [0.3, 0.4) is 0 Å². The third-order valence-electron chi connectivity index (χ3n) is 7.24. The molecule has 176 valence electrons. The molecule has 4 aromatic rings. The molecule has 1 aromatic carbocycles. The monoisotopic (exact) mass is 459 g/mol. The zero-order chi connectivity index (χ0) is 23.4. The molecule has 2 saturated heterocycles. The number of piperidine rings is 1. The Bertz CT molecular complexity index is 1370. The van der Waals surface area contributed by atoms with E-state index in [0.717, 1.165) is 53.8 Å². The van der Waals surface area contributed by atoms with E-state index in [2.05, 4.69) is 25.6 Å². The van der Waals surface area contributed by atoms with Crippen molar-refractivity contribution >= 4 is 16.8 Å². The Morgan fingerprint density at radius 2 is 1.88 bits per heavy atom. The number of nitrogens with two attached hydrogens (primary N) is 1. The number of aryl methyl sites for hydroxylation is 2. The van der Waals surface area contributed by atoms with Crippen LogP contribution < -0.4 is 11.1 Å². The number of nitrogens with zero attached hydrogens (tertiary/aromatic N) is 6. The van der Waals surface area contributed by atoms with Crippen molar-refractivity contribution in [1.29, 1.82) is 0 Å². The average Bonchev–Trinajstić information content (AvgIpc) is 3.60. The van der Waals surface area contributed by atoms with Gasteiger partial charge in [-0.15, -0.1) is 10.2 Å². The van der Waals surface area contributed by atoms with Gasteiger partial charge in [-0.3, -0.25) is 14.2 Å². The minimum atomic E-state index is -0.477. The predicted octanol–water partition coefficient (Wildman–Crippen LogP) is 2.64. The van der Waals surface area contributed by atoms with Gasteiger partial charge in [0.2, 0.25) is 5.91 Å². The largest absolute Gasteiger partial charge is 0.366 e. The molecule has 2 aliphatic rings. The fraction of sp³-hybridized carbons (Fsp3) is 0.458. The SMILES string of the molecule is CCn1nc(C)cc1-c1nnc(-c2cc(C(N)=O)cc3c2cnn3C[C@H]2C[C@H]3CC[C@@H](C2)N3)[nH]1. The van der Waals surface area contributed by atoms with Gasteiger partial charge in [-0.2, -0.15) is 10.2 Å². The second-order valence-corrected chi connectivity index (χ2v) is 9.63. The first-order valence-corrected chi connectivity index (χ1v) is 12.0. The first-order chi connectivity index (χ1) is 16.5. The zero-order valence-corrected chi connectivity index (χ0v) is 19.5. The molecule has 0 radical (unpaired) electrons. The lowest BCUT2D eigenvalue weighted by Crippen LogP contribution is -2.39. The molecule has 2 bridgehead atoms. The topological polar surface area (TPSA) is 132 Å². The average molecular weight is 460 g/mol. The number of primary amides is 1. The Kier molecular flexibility index (Phi) is 4.98. The van der Waals surface area contributed by atoms with E-state index in [4.69, 9.17) is 10.8 Å². The van der Waals surface area contributed by atoms with Gasteiger partial charge < -0.3 is 16.0 Å². The minimum absolute atomic E-state index is 0.432. The number of benzene rings is 1. The molecule has 10 heteroatoms. The highest BCUT2D eigenvalue weighted by Gasteiger charge is 2.33. The molecule has 5 heterocycles. The normalized spacial score (nSPS) is 22.0. The molecule has 2 aliphatic heterocycles. The van der Waals surface area contributed by atoms with E-state index in [1.807, 2.05) is 41.5 Å². The minimum Gasteiger partial charge on any atom is -0.366 e. The summed E-state index contributed by atoms with van der Waals surface area (Å²) in [6, 6.07) is 6.84. The number of nitrogens with one attached hydrogen (secondary N) is 2. The van der Waals surface area contributed by atoms with Crippen LogP contribution >= 0.6 is 0 Å². The molecule has 4 N–H and O–H groups in total. The van der Waals surface area contributed by atoms with E-state index in [-0.39, 0.29) is 0 Å². The standard InChI is InChI=1S/C24H29N9O/c1-3-32-21(6-13(2)31-32)24-28-23(29-30-24)18-9-15(22(25)34)10-20-19(18)11-26-33(20)12-14-7-16-4-5-17(8-14)27-16/h6,9-11,14,16-17,27H,3-5,7-8,12H2,1-2H3,(H2,25,34)(H,28,29,30)/t14-,16+,17-. The molecule has 2 fully saturated rings. The zero-order valence-electron chi connectivity index (χ0n) is 19.5. The Morgan fingerprint density at radius 3 is 2.62 bits per heavy atom. The van der Waals surface area contributed by atoms with Gasteiger partial charge in [-0.1, -0.05) is 0 Å². The summed E-state index contributed by atoms with van der Waals surface area (Å²) in [6.07, 6.45) is 6.71. The number of carbonyl (C=O) groups excluding carboxylic acids is 1. The maximum absolute atomic E-state index is 12.2. The molecular weight excluding hydrogens is 430 g/mol. The van der Waals surface area contributed by atoms with E-state index >= 15 is 0 Å². The summed E-state index contributed by atoms with van der Waals surface area (Å²) in [7, 11) is 0. The highest BCUT2D eigenvalue weighted by Crippen LogP contribution is 2.34. The smallest absolute Gasteiger partial charge is 0.248 e. The summed E-state index contributed by atoms with van der Waals surface area (Å²) < 4.78 is 3.91. The fourth-order valence-corrected chi connectivity index (χ4v) is 5.71. The van der Waals surface area contributed by atoms with Crippen molar-refractivity contribution in [2.45, 2.75) is 64.7 Å². The van der Waals surface area contributed by atoms with Crippen LogP contribution in [0.4, 0.5) is 0 Å². The van der Waals surface area contributed by atoms with Crippen LogP contribution in [0.2, 0.25) is 0 Å². The second kappa shape index (κ2) is 8.05. The molecule has 3 aromatic heterocycles. The third-order valence-corrected chi connectivity index (χ3v) is 7.24. The fourth-order valence-electron chi connectivity index (χ4n) is 5.71. The van der Waals surface area contributed by atoms with Gasteiger partial charge in [0, 0.05) is 41.7 Å². The highest BCUT2D eigenvalue weighted by molar-refractivity contribution is 6.02. The van der Waals surface area contributed by atoms with Crippen LogP contribution in [0.1, 0.15) is 48.7 Å². The van der Waals surface area contributed by atoms with E-state index in [1.165, 1.54) is 12.8 Å². The molecule has 1 amide bonds. The predicted molar refractivity (Wildman–Crippen MR) is 128 cm³/mol. The Morgan fingerprint density at radius 1 is 1.12 bits per heavy atom. The Hall–Kier alpha value is -3.53. The molecule has 3 atom stereocenters. The van der Waals surface area contributed by atoms with Crippen LogP contribution in [-0.4, -0.2) is 52.7 Å². The first kappa shape index (κ1) is 21.0. The summed E-state index contributed by atoms with van der Waals surface area (Å²) in [5.41, 5.74) is 9.58. The first-order valence-electron chi connectivity index (χ1n) is 12.0. The van der Waals surface area contributed by atoms with Crippen molar-refractivity contribution in [3.05, 3.63) is 35.7 Å². The number of aromatic amines is 1. The van der Waals surface area contributed by atoms with Crippen molar-refractivity contribution in [1.82, 2.24) is 40.1 Å². The van der Waals surface area contributed by atoms with Gasteiger partial charge in [0.05, 0.1) is 17.4 Å². The van der Waals surface area contributed by atoms with Gasteiger partial charge in [0.25, 0.3) is 0 Å².